The summed E-state index contributed by atoms with van der Waals surface area (Å²) in [5, 5.41) is 10.7. The predicted octanol–water partition coefficient (Wildman–Crippen LogP) is 1.41. The van der Waals surface area contributed by atoms with E-state index in [2.05, 4.69) is 6.07 Å². The molecule has 1 unspecified atom stereocenters. The maximum absolute atomic E-state index is 12.1. The van der Waals surface area contributed by atoms with Crippen molar-refractivity contribution in [2.45, 2.75) is 25.4 Å². The Balaban J connectivity index is 1.59. The standard InChI is InChI=1S/C18H19ClN2O2/c19-15-4-5-17(22)14(7-15)11-20-8-12-6-13(10-20)16-2-1-3-18(23)21(16)9-12/h1-5,7,12-13,22H,6,8-11H2/p+1/t12-,13+/m1/s1. The Morgan fingerprint density at radius 1 is 1.26 bits per heavy atom. The molecule has 23 heavy (non-hydrogen) atoms. The molecule has 3 heterocycles. The number of rotatable bonds is 2. The van der Waals surface area contributed by atoms with E-state index in [1.807, 2.05) is 16.7 Å². The normalized spacial score (nSPS) is 25.9. The fraction of sp³-hybridized carbons (Fsp3) is 0.389. The number of likely N-dealkylation sites (tertiary alicyclic amines) is 1. The molecule has 4 rings (SSSR count). The molecule has 2 aromatic rings. The minimum Gasteiger partial charge on any atom is -0.507 e. The minimum atomic E-state index is 0.119. The monoisotopic (exact) mass is 331 g/mol. The number of phenolic OH excluding ortho intramolecular Hbond substituents is 1. The van der Waals surface area contributed by atoms with Gasteiger partial charge in [-0.1, -0.05) is 17.7 Å². The van der Waals surface area contributed by atoms with Crippen molar-refractivity contribution in [3.8, 4) is 5.75 Å². The van der Waals surface area contributed by atoms with Crippen LogP contribution in [0.1, 0.15) is 23.6 Å². The van der Waals surface area contributed by atoms with Crippen LogP contribution in [-0.2, 0) is 13.1 Å². The molecule has 0 aliphatic carbocycles. The van der Waals surface area contributed by atoms with Crippen molar-refractivity contribution in [1.29, 1.82) is 0 Å². The molecule has 2 bridgehead atoms. The molecule has 2 aliphatic heterocycles. The number of aromatic hydroxyl groups is 1. The Hall–Kier alpha value is -1.78. The zero-order valence-corrected chi connectivity index (χ0v) is 13.6. The fourth-order valence-corrected chi connectivity index (χ4v) is 4.42. The first kappa shape index (κ1) is 14.8. The summed E-state index contributed by atoms with van der Waals surface area (Å²) >= 11 is 6.06. The number of hydrogen-bond donors (Lipinski definition) is 2. The molecule has 1 saturated heterocycles. The van der Waals surface area contributed by atoms with Crippen LogP contribution >= 0.6 is 11.6 Å². The average Bonchev–Trinajstić information content (AvgIpc) is 2.52. The number of pyridine rings is 1. The van der Waals surface area contributed by atoms with E-state index >= 15 is 0 Å². The van der Waals surface area contributed by atoms with Gasteiger partial charge in [-0.15, -0.1) is 0 Å². The van der Waals surface area contributed by atoms with E-state index in [0.717, 1.165) is 38.2 Å². The SMILES string of the molecule is O=c1cccc2n1C[C@@H]1C[C@H]2C[NH+](Cc2cc(Cl)ccc2O)C1. The van der Waals surface area contributed by atoms with Crippen LogP contribution in [0.3, 0.4) is 0 Å². The Labute approximate surface area is 139 Å². The zero-order chi connectivity index (χ0) is 16.0. The zero-order valence-electron chi connectivity index (χ0n) is 12.8. The van der Waals surface area contributed by atoms with E-state index in [0.29, 0.717) is 22.6 Å². The second-order valence-corrected chi connectivity index (χ2v) is 7.24. The van der Waals surface area contributed by atoms with E-state index in [4.69, 9.17) is 11.6 Å². The first-order valence-electron chi connectivity index (χ1n) is 8.11. The largest absolute Gasteiger partial charge is 0.507 e. The van der Waals surface area contributed by atoms with Crippen LogP contribution in [0.25, 0.3) is 0 Å². The maximum Gasteiger partial charge on any atom is 0.250 e. The number of aromatic nitrogens is 1. The van der Waals surface area contributed by atoms with Gasteiger partial charge in [0.15, 0.2) is 0 Å². The molecule has 0 amide bonds. The average molecular weight is 332 g/mol. The molecule has 0 radical (unpaired) electrons. The highest BCUT2D eigenvalue weighted by Gasteiger charge is 2.37. The number of quaternary nitrogens is 1. The van der Waals surface area contributed by atoms with Crippen molar-refractivity contribution in [3.63, 3.8) is 0 Å². The highest BCUT2D eigenvalue weighted by Crippen LogP contribution is 2.30. The van der Waals surface area contributed by atoms with Gasteiger partial charge >= 0.3 is 0 Å². The van der Waals surface area contributed by atoms with Crippen molar-refractivity contribution < 1.29 is 10.0 Å². The third-order valence-corrected chi connectivity index (χ3v) is 5.39. The van der Waals surface area contributed by atoms with Gasteiger partial charge in [0.2, 0.25) is 0 Å². The number of hydrogen-bond acceptors (Lipinski definition) is 2. The number of fused-ring (bicyclic) bond motifs is 4. The van der Waals surface area contributed by atoms with E-state index in [1.165, 1.54) is 10.6 Å². The molecule has 2 aliphatic rings. The number of nitrogens with zero attached hydrogens (tertiary/aromatic N) is 1. The van der Waals surface area contributed by atoms with Gasteiger partial charge in [0.1, 0.15) is 12.3 Å². The first-order valence-corrected chi connectivity index (χ1v) is 8.48. The van der Waals surface area contributed by atoms with Crippen LogP contribution in [0.15, 0.2) is 41.2 Å². The topological polar surface area (TPSA) is 46.7 Å². The van der Waals surface area contributed by atoms with Crippen LogP contribution in [0.4, 0.5) is 0 Å². The van der Waals surface area contributed by atoms with Crippen LogP contribution in [0, 0.1) is 5.92 Å². The quantitative estimate of drug-likeness (QED) is 0.874. The second-order valence-electron chi connectivity index (χ2n) is 6.81. The van der Waals surface area contributed by atoms with Crippen molar-refractivity contribution in [1.82, 2.24) is 4.57 Å². The molecule has 2 N–H and O–H groups in total. The summed E-state index contributed by atoms with van der Waals surface area (Å²) < 4.78 is 1.95. The van der Waals surface area contributed by atoms with Gasteiger partial charge in [0.25, 0.3) is 5.56 Å². The van der Waals surface area contributed by atoms with Gasteiger partial charge in [-0.2, -0.15) is 0 Å². The van der Waals surface area contributed by atoms with Crippen LogP contribution in [-0.4, -0.2) is 22.8 Å². The summed E-state index contributed by atoms with van der Waals surface area (Å²) in [7, 11) is 0. The number of phenols is 1. The highest BCUT2D eigenvalue weighted by atomic mass is 35.5. The van der Waals surface area contributed by atoms with Crippen LogP contribution in [0.5, 0.6) is 5.75 Å². The Kier molecular flexibility index (Phi) is 3.66. The number of benzene rings is 1. The lowest BCUT2D eigenvalue weighted by molar-refractivity contribution is -0.924. The van der Waals surface area contributed by atoms with Crippen molar-refractivity contribution in [3.05, 3.63) is 63.0 Å². The molecule has 5 heteroatoms. The van der Waals surface area contributed by atoms with E-state index < -0.39 is 0 Å². The predicted molar refractivity (Wildman–Crippen MR) is 89.1 cm³/mol. The van der Waals surface area contributed by atoms with Gasteiger partial charge in [-0.3, -0.25) is 4.79 Å². The molecule has 0 saturated carbocycles. The van der Waals surface area contributed by atoms with E-state index in [-0.39, 0.29) is 5.56 Å². The van der Waals surface area contributed by atoms with Crippen LogP contribution in [0.2, 0.25) is 5.02 Å². The lowest BCUT2D eigenvalue weighted by Gasteiger charge is -2.40. The molecule has 3 atom stereocenters. The number of nitrogens with one attached hydrogen (secondary N) is 1. The van der Waals surface area contributed by atoms with Crippen molar-refractivity contribution in [2.24, 2.45) is 5.92 Å². The van der Waals surface area contributed by atoms with Gasteiger partial charge < -0.3 is 14.6 Å². The number of piperidine rings is 1. The van der Waals surface area contributed by atoms with Crippen LogP contribution < -0.4 is 10.5 Å². The molecule has 0 spiro atoms. The Morgan fingerprint density at radius 3 is 3.00 bits per heavy atom. The molecule has 4 nitrogen and oxygen atoms in total. The van der Waals surface area contributed by atoms with Crippen molar-refractivity contribution >= 4 is 11.6 Å². The van der Waals surface area contributed by atoms with E-state index in [9.17, 15) is 9.90 Å². The minimum absolute atomic E-state index is 0.119. The third-order valence-electron chi connectivity index (χ3n) is 5.15. The summed E-state index contributed by atoms with van der Waals surface area (Å²) in [5.41, 5.74) is 2.19. The highest BCUT2D eigenvalue weighted by molar-refractivity contribution is 6.30. The molecular weight excluding hydrogens is 312 g/mol. The Morgan fingerprint density at radius 2 is 2.13 bits per heavy atom. The lowest BCUT2D eigenvalue weighted by atomic mass is 9.83. The maximum atomic E-state index is 12.1. The molecule has 120 valence electrons. The first-order chi connectivity index (χ1) is 11.1. The molecule has 1 aromatic carbocycles. The molecule has 1 aromatic heterocycles. The number of halogens is 1. The molecular formula is C18H20ClN2O2+. The lowest BCUT2D eigenvalue weighted by Crippen LogP contribution is -3.13. The smallest absolute Gasteiger partial charge is 0.250 e. The van der Waals surface area contributed by atoms with Gasteiger partial charge in [0.05, 0.1) is 13.1 Å². The van der Waals surface area contributed by atoms with Gasteiger partial charge in [-0.25, -0.2) is 0 Å². The molecule has 1 fully saturated rings. The van der Waals surface area contributed by atoms with Gasteiger partial charge in [-0.05, 0) is 30.7 Å². The van der Waals surface area contributed by atoms with Crippen molar-refractivity contribution in [2.75, 3.05) is 13.1 Å². The summed E-state index contributed by atoms with van der Waals surface area (Å²) in [6, 6.07) is 10.8. The summed E-state index contributed by atoms with van der Waals surface area (Å²) in [6.45, 7) is 3.61. The van der Waals surface area contributed by atoms with E-state index in [1.54, 1.807) is 18.2 Å². The summed E-state index contributed by atoms with van der Waals surface area (Å²) in [6.07, 6.45) is 1.16. The Bertz CT molecular complexity index is 802. The summed E-state index contributed by atoms with van der Waals surface area (Å²) in [4.78, 5) is 13.5. The second kappa shape index (κ2) is 5.69. The third kappa shape index (κ3) is 2.77. The fourth-order valence-electron chi connectivity index (χ4n) is 4.23. The van der Waals surface area contributed by atoms with Gasteiger partial charge in [0, 0.05) is 40.7 Å². The summed E-state index contributed by atoms with van der Waals surface area (Å²) in [5.74, 6) is 1.26.